The fraction of sp³-hybridized carbons (Fsp3) is 0.379. The minimum absolute atomic E-state index is 0.351. The third kappa shape index (κ3) is 7.27. The van der Waals surface area contributed by atoms with Crippen LogP contribution in [0.3, 0.4) is 0 Å². The quantitative estimate of drug-likeness (QED) is 0.190. The average Bonchev–Trinajstić information content (AvgIpc) is 3.36. The number of pyridine rings is 2. The Bertz CT molecular complexity index is 1320. The largest absolute Gasteiger partial charge is 0.492 e. The first-order valence-corrected chi connectivity index (χ1v) is 13.0. The molecule has 0 aliphatic carbocycles. The predicted molar refractivity (Wildman–Crippen MR) is 146 cm³/mol. The molecule has 0 spiro atoms. The number of methoxy groups -OCH3 is 1. The highest BCUT2D eigenvalue weighted by molar-refractivity contribution is 5.82. The second kappa shape index (κ2) is 12.9. The summed E-state index contributed by atoms with van der Waals surface area (Å²) >= 11 is 0. The number of alkyl halides is 3. The first-order valence-electron chi connectivity index (χ1n) is 13.0. The van der Waals surface area contributed by atoms with Crippen LogP contribution >= 0.6 is 0 Å². The normalized spacial score (nSPS) is 12.7. The fourth-order valence-electron chi connectivity index (χ4n) is 4.43. The Kier molecular flexibility index (Phi) is 9.42. The Morgan fingerprint density at radius 2 is 1.79 bits per heavy atom. The van der Waals surface area contributed by atoms with Gasteiger partial charge < -0.3 is 24.7 Å². The molecule has 0 aliphatic rings. The zero-order chi connectivity index (χ0) is 27.8. The van der Waals surface area contributed by atoms with Gasteiger partial charge >= 0.3 is 6.18 Å². The van der Waals surface area contributed by atoms with Crippen LogP contribution in [-0.2, 0) is 17.5 Å². The van der Waals surface area contributed by atoms with Crippen molar-refractivity contribution in [3.05, 3.63) is 83.3 Å². The number of fused-ring (bicyclic) bond motifs is 1. The number of nitrogens with zero attached hydrogens (tertiary/aromatic N) is 3. The zero-order valence-electron chi connectivity index (χ0n) is 22.4. The maximum atomic E-state index is 12.8. The molecule has 0 saturated carbocycles. The second-order valence-corrected chi connectivity index (χ2v) is 9.18. The molecule has 1 unspecified atom stereocenters. The average molecular weight is 542 g/mol. The van der Waals surface area contributed by atoms with Crippen LogP contribution in [0, 0.1) is 0 Å². The van der Waals surface area contributed by atoms with Gasteiger partial charge in [-0.3, -0.25) is 0 Å². The van der Waals surface area contributed by atoms with Crippen molar-refractivity contribution in [2.75, 3.05) is 38.7 Å². The number of anilines is 1. The summed E-state index contributed by atoms with van der Waals surface area (Å²) in [4.78, 5) is 14.6. The predicted octanol–water partition coefficient (Wildman–Crippen LogP) is 6.44. The molecule has 10 heteroatoms. The molecular formula is C29H34F3N5O2. The number of nitrogens with one attached hydrogen (secondary N) is 2. The summed E-state index contributed by atoms with van der Waals surface area (Å²) in [5.74, 6) is 1.31. The molecule has 0 fully saturated rings. The number of benzene rings is 1. The number of ether oxygens (including phenoxy) is 2. The SMILES string of the molecule is CCN(CC)CCCOc1cnc2[nH]cc(C(OC)c3ccc(NCc4ccc(C(F)(F)F)cc4)nc3)c2c1. The Morgan fingerprint density at radius 3 is 2.44 bits per heavy atom. The van der Waals surface area contributed by atoms with Gasteiger partial charge in [-0.05, 0) is 49.3 Å². The van der Waals surface area contributed by atoms with Gasteiger partial charge in [0.15, 0.2) is 0 Å². The molecular weight excluding hydrogens is 507 g/mol. The molecule has 7 nitrogen and oxygen atoms in total. The monoisotopic (exact) mass is 541 g/mol. The van der Waals surface area contributed by atoms with Gasteiger partial charge in [-0.15, -0.1) is 0 Å². The van der Waals surface area contributed by atoms with Crippen molar-refractivity contribution in [2.24, 2.45) is 0 Å². The minimum atomic E-state index is -4.35. The summed E-state index contributed by atoms with van der Waals surface area (Å²) in [5, 5.41) is 4.05. The van der Waals surface area contributed by atoms with E-state index in [-0.39, 0.29) is 6.10 Å². The van der Waals surface area contributed by atoms with Crippen molar-refractivity contribution >= 4 is 16.9 Å². The van der Waals surface area contributed by atoms with Gasteiger partial charge in [0, 0.05) is 49.1 Å². The van der Waals surface area contributed by atoms with Crippen molar-refractivity contribution in [1.29, 1.82) is 0 Å². The summed E-state index contributed by atoms with van der Waals surface area (Å²) in [5.41, 5.74) is 2.57. The lowest BCUT2D eigenvalue weighted by molar-refractivity contribution is -0.137. The smallest absolute Gasteiger partial charge is 0.416 e. The molecule has 4 aromatic rings. The molecule has 4 rings (SSSR count). The van der Waals surface area contributed by atoms with Gasteiger partial charge in [-0.1, -0.05) is 32.0 Å². The zero-order valence-corrected chi connectivity index (χ0v) is 22.4. The molecule has 0 saturated heterocycles. The van der Waals surface area contributed by atoms with Crippen LogP contribution in [0.25, 0.3) is 11.0 Å². The van der Waals surface area contributed by atoms with Crippen LogP contribution in [0.5, 0.6) is 5.75 Å². The number of rotatable bonds is 13. The Morgan fingerprint density at radius 1 is 1.03 bits per heavy atom. The molecule has 1 atom stereocenters. The van der Waals surface area contributed by atoms with E-state index in [1.807, 2.05) is 24.4 Å². The third-order valence-electron chi connectivity index (χ3n) is 6.68. The van der Waals surface area contributed by atoms with Gasteiger partial charge in [0.1, 0.15) is 23.3 Å². The van der Waals surface area contributed by atoms with Crippen molar-refractivity contribution < 1.29 is 22.6 Å². The van der Waals surface area contributed by atoms with E-state index in [1.54, 1.807) is 19.5 Å². The molecule has 0 amide bonds. The molecule has 3 heterocycles. The highest BCUT2D eigenvalue weighted by Gasteiger charge is 2.29. The Balaban J connectivity index is 1.40. The molecule has 208 valence electrons. The van der Waals surface area contributed by atoms with Crippen LogP contribution in [0.2, 0.25) is 0 Å². The molecule has 39 heavy (non-hydrogen) atoms. The summed E-state index contributed by atoms with van der Waals surface area (Å²) in [6, 6.07) is 10.8. The first-order chi connectivity index (χ1) is 18.8. The number of aromatic amines is 1. The highest BCUT2D eigenvalue weighted by atomic mass is 19.4. The van der Waals surface area contributed by atoms with Gasteiger partial charge in [0.05, 0.1) is 18.4 Å². The molecule has 1 aromatic carbocycles. The number of hydrogen-bond acceptors (Lipinski definition) is 6. The highest BCUT2D eigenvalue weighted by Crippen LogP contribution is 2.33. The fourth-order valence-corrected chi connectivity index (χ4v) is 4.43. The van der Waals surface area contributed by atoms with Crippen LogP contribution in [0.1, 0.15) is 48.6 Å². The molecule has 0 radical (unpaired) electrons. The standard InChI is InChI=1S/C29H34F3N5O2/c1-4-37(5-2)13-6-14-39-23-15-24-25(19-36-28(24)35-18-23)27(38-3)21-9-12-26(34-17-21)33-16-20-7-10-22(11-8-20)29(30,31)32/h7-12,15,17-19,27H,4-6,13-14,16H2,1-3H3,(H,33,34)(H,35,36). The molecule has 3 aromatic heterocycles. The third-order valence-corrected chi connectivity index (χ3v) is 6.68. The van der Waals surface area contributed by atoms with E-state index in [1.165, 1.54) is 12.1 Å². The van der Waals surface area contributed by atoms with Crippen molar-refractivity contribution in [3.63, 3.8) is 0 Å². The van der Waals surface area contributed by atoms with Gasteiger partial charge in [0.2, 0.25) is 0 Å². The van der Waals surface area contributed by atoms with Crippen molar-refractivity contribution in [2.45, 2.75) is 39.1 Å². The second-order valence-electron chi connectivity index (χ2n) is 9.18. The number of halogens is 3. The minimum Gasteiger partial charge on any atom is -0.492 e. The van der Waals surface area contributed by atoms with E-state index < -0.39 is 11.7 Å². The lowest BCUT2D eigenvalue weighted by Crippen LogP contribution is -2.25. The van der Waals surface area contributed by atoms with E-state index in [9.17, 15) is 13.2 Å². The maximum Gasteiger partial charge on any atom is 0.416 e. The van der Waals surface area contributed by atoms with Crippen molar-refractivity contribution in [3.8, 4) is 5.75 Å². The summed E-state index contributed by atoms with van der Waals surface area (Å²) in [7, 11) is 1.64. The van der Waals surface area contributed by atoms with Gasteiger partial charge in [-0.25, -0.2) is 9.97 Å². The molecule has 0 bridgehead atoms. The lowest BCUT2D eigenvalue weighted by Gasteiger charge is -2.18. The van der Waals surface area contributed by atoms with Crippen LogP contribution in [0.15, 0.2) is 61.1 Å². The summed E-state index contributed by atoms with van der Waals surface area (Å²) in [6.07, 6.45) is 1.54. The van der Waals surface area contributed by atoms with E-state index >= 15 is 0 Å². The number of aromatic nitrogens is 3. The Hall–Kier alpha value is -3.63. The van der Waals surface area contributed by atoms with Crippen LogP contribution < -0.4 is 10.1 Å². The van der Waals surface area contributed by atoms with Crippen LogP contribution in [0.4, 0.5) is 19.0 Å². The topological polar surface area (TPSA) is 75.3 Å². The molecule has 2 N–H and O–H groups in total. The van der Waals surface area contributed by atoms with E-state index in [2.05, 4.69) is 39.0 Å². The van der Waals surface area contributed by atoms with Gasteiger partial charge in [0.25, 0.3) is 0 Å². The Labute approximate surface area is 226 Å². The van der Waals surface area contributed by atoms with E-state index in [0.717, 1.165) is 65.9 Å². The summed E-state index contributed by atoms with van der Waals surface area (Å²) in [6.45, 7) is 8.33. The van der Waals surface area contributed by atoms with Crippen LogP contribution in [-0.4, -0.2) is 53.2 Å². The van der Waals surface area contributed by atoms with Crippen molar-refractivity contribution in [1.82, 2.24) is 19.9 Å². The molecule has 0 aliphatic heterocycles. The van der Waals surface area contributed by atoms with Gasteiger partial charge in [-0.2, -0.15) is 13.2 Å². The number of H-pyrrole nitrogens is 1. The summed E-state index contributed by atoms with van der Waals surface area (Å²) < 4.78 is 50.1. The first kappa shape index (κ1) is 28.4. The lowest BCUT2D eigenvalue weighted by atomic mass is 10.0. The number of hydrogen-bond donors (Lipinski definition) is 2. The maximum absolute atomic E-state index is 12.8. The van der Waals surface area contributed by atoms with E-state index in [4.69, 9.17) is 9.47 Å². The van der Waals surface area contributed by atoms with E-state index in [0.29, 0.717) is 24.7 Å².